The minimum absolute atomic E-state index is 0.249. The second-order valence-electron chi connectivity index (χ2n) is 4.59. The number of aryl methyl sites for hydroxylation is 1. The van der Waals surface area contributed by atoms with Crippen molar-refractivity contribution in [2.45, 2.75) is 6.92 Å². The summed E-state index contributed by atoms with van der Waals surface area (Å²) in [5.74, 6) is 0.484. The molecule has 3 nitrogen and oxygen atoms in total. The fourth-order valence-electron chi connectivity index (χ4n) is 2.02. The fourth-order valence-corrected chi connectivity index (χ4v) is 2.02. The van der Waals surface area contributed by atoms with Gasteiger partial charge in [0, 0.05) is 17.0 Å². The molecule has 1 heterocycles. The number of rotatable bonds is 2. The van der Waals surface area contributed by atoms with Crippen LogP contribution in [0.3, 0.4) is 0 Å². The van der Waals surface area contributed by atoms with Gasteiger partial charge in [-0.15, -0.1) is 0 Å². The minimum Gasteiger partial charge on any atom is -0.437 e. The number of nitrogen functional groups attached to an aromatic ring is 1. The second-order valence-corrected chi connectivity index (χ2v) is 4.59. The second kappa shape index (κ2) is 4.81. The molecular formula is C16H13FN2O. The molecule has 1 aromatic heterocycles. The van der Waals surface area contributed by atoms with Crippen LogP contribution in [-0.4, -0.2) is 4.98 Å². The van der Waals surface area contributed by atoms with Gasteiger partial charge in [0.15, 0.2) is 5.75 Å². The molecule has 0 fully saturated rings. The number of nitrogens with two attached hydrogens (primary N) is 1. The SMILES string of the molecule is Cc1cc2ccccc2nc1Oc1ccc(F)cc1N. The number of aromatic nitrogens is 1. The Kier molecular flexibility index (Phi) is 2.99. The first-order valence-corrected chi connectivity index (χ1v) is 6.23. The number of hydrogen-bond donors (Lipinski definition) is 1. The van der Waals surface area contributed by atoms with E-state index in [2.05, 4.69) is 4.98 Å². The summed E-state index contributed by atoms with van der Waals surface area (Å²) in [6, 6.07) is 13.8. The van der Waals surface area contributed by atoms with E-state index in [0.717, 1.165) is 16.5 Å². The number of fused-ring (bicyclic) bond motifs is 1. The number of ether oxygens (including phenoxy) is 1. The molecule has 0 aliphatic carbocycles. The standard InChI is InChI=1S/C16H13FN2O/c1-10-8-11-4-2-3-5-14(11)19-16(10)20-15-7-6-12(17)9-13(15)18/h2-9H,18H2,1H3. The quantitative estimate of drug-likeness (QED) is 0.713. The molecule has 4 heteroatoms. The zero-order valence-corrected chi connectivity index (χ0v) is 10.9. The molecule has 0 radical (unpaired) electrons. The molecule has 100 valence electrons. The lowest BCUT2D eigenvalue weighted by Crippen LogP contribution is -1.96. The molecule has 0 saturated heterocycles. The summed E-state index contributed by atoms with van der Waals surface area (Å²) in [4.78, 5) is 4.46. The molecule has 0 amide bonds. The van der Waals surface area contributed by atoms with Crippen LogP contribution >= 0.6 is 0 Å². The molecule has 0 aliphatic heterocycles. The minimum atomic E-state index is -0.391. The number of halogens is 1. The van der Waals surface area contributed by atoms with Crippen molar-refractivity contribution in [2.24, 2.45) is 0 Å². The number of nitrogens with zero attached hydrogens (tertiary/aromatic N) is 1. The Morgan fingerprint density at radius 2 is 1.90 bits per heavy atom. The molecular weight excluding hydrogens is 255 g/mol. The third kappa shape index (κ3) is 2.28. The Balaban J connectivity index is 2.03. The summed E-state index contributed by atoms with van der Waals surface area (Å²) >= 11 is 0. The van der Waals surface area contributed by atoms with Gasteiger partial charge in [-0.25, -0.2) is 9.37 Å². The molecule has 0 saturated carbocycles. The van der Waals surface area contributed by atoms with E-state index in [1.807, 2.05) is 37.3 Å². The average molecular weight is 268 g/mol. The summed E-state index contributed by atoms with van der Waals surface area (Å²) < 4.78 is 18.7. The van der Waals surface area contributed by atoms with Crippen molar-refractivity contribution in [3.8, 4) is 11.6 Å². The summed E-state index contributed by atoms with van der Waals surface area (Å²) in [5.41, 5.74) is 7.73. The van der Waals surface area contributed by atoms with Crippen molar-refractivity contribution in [3.63, 3.8) is 0 Å². The fraction of sp³-hybridized carbons (Fsp3) is 0.0625. The molecule has 0 bridgehead atoms. The number of hydrogen-bond acceptors (Lipinski definition) is 3. The Bertz CT molecular complexity index is 787. The van der Waals surface area contributed by atoms with Crippen molar-refractivity contribution in [1.82, 2.24) is 4.98 Å². The van der Waals surface area contributed by atoms with Gasteiger partial charge in [0.05, 0.1) is 11.2 Å². The van der Waals surface area contributed by atoms with Gasteiger partial charge in [-0.1, -0.05) is 18.2 Å². The maximum atomic E-state index is 13.0. The van der Waals surface area contributed by atoms with E-state index in [9.17, 15) is 4.39 Å². The van der Waals surface area contributed by atoms with Crippen LogP contribution in [0.2, 0.25) is 0 Å². The summed E-state index contributed by atoms with van der Waals surface area (Å²) in [5, 5.41) is 1.05. The highest BCUT2D eigenvalue weighted by Crippen LogP contribution is 2.30. The summed E-state index contributed by atoms with van der Waals surface area (Å²) in [6.45, 7) is 1.91. The van der Waals surface area contributed by atoms with E-state index in [-0.39, 0.29) is 5.69 Å². The third-order valence-electron chi connectivity index (χ3n) is 3.05. The molecule has 2 N–H and O–H groups in total. The lowest BCUT2D eigenvalue weighted by atomic mass is 10.2. The molecule has 2 aromatic carbocycles. The van der Waals surface area contributed by atoms with Gasteiger partial charge in [-0.05, 0) is 31.2 Å². The van der Waals surface area contributed by atoms with Gasteiger partial charge in [0.25, 0.3) is 0 Å². The van der Waals surface area contributed by atoms with Crippen molar-refractivity contribution in [2.75, 3.05) is 5.73 Å². The summed E-state index contributed by atoms with van der Waals surface area (Å²) in [6.07, 6.45) is 0. The predicted octanol–water partition coefficient (Wildman–Crippen LogP) is 4.06. The van der Waals surface area contributed by atoms with Crippen LogP contribution in [0.15, 0.2) is 48.5 Å². The Labute approximate surface area is 115 Å². The summed E-state index contributed by atoms with van der Waals surface area (Å²) in [7, 11) is 0. The first-order valence-electron chi connectivity index (χ1n) is 6.23. The van der Waals surface area contributed by atoms with Crippen LogP contribution in [-0.2, 0) is 0 Å². The van der Waals surface area contributed by atoms with Gasteiger partial charge < -0.3 is 10.5 Å². The molecule has 3 rings (SSSR count). The zero-order chi connectivity index (χ0) is 14.1. The Morgan fingerprint density at radius 3 is 2.70 bits per heavy atom. The Morgan fingerprint density at radius 1 is 1.10 bits per heavy atom. The van der Waals surface area contributed by atoms with Gasteiger partial charge in [0.2, 0.25) is 5.88 Å². The largest absolute Gasteiger partial charge is 0.437 e. The van der Waals surface area contributed by atoms with Gasteiger partial charge in [0.1, 0.15) is 5.82 Å². The van der Waals surface area contributed by atoms with Crippen molar-refractivity contribution < 1.29 is 9.13 Å². The smallest absolute Gasteiger partial charge is 0.222 e. The van der Waals surface area contributed by atoms with E-state index in [4.69, 9.17) is 10.5 Å². The lowest BCUT2D eigenvalue weighted by molar-refractivity contribution is 0.462. The van der Waals surface area contributed by atoms with Crippen LogP contribution in [0.4, 0.5) is 10.1 Å². The predicted molar refractivity (Wildman–Crippen MR) is 77.4 cm³/mol. The van der Waals surface area contributed by atoms with E-state index in [1.54, 1.807) is 0 Å². The monoisotopic (exact) mass is 268 g/mol. The number of benzene rings is 2. The molecule has 0 unspecified atom stereocenters. The number of anilines is 1. The highest BCUT2D eigenvalue weighted by Gasteiger charge is 2.08. The van der Waals surface area contributed by atoms with Gasteiger partial charge in [-0.3, -0.25) is 0 Å². The van der Waals surface area contributed by atoms with Gasteiger partial charge in [-0.2, -0.15) is 0 Å². The van der Waals surface area contributed by atoms with Crippen molar-refractivity contribution in [1.29, 1.82) is 0 Å². The molecule has 0 aliphatic rings. The van der Waals surface area contributed by atoms with Crippen LogP contribution < -0.4 is 10.5 Å². The topological polar surface area (TPSA) is 48.1 Å². The van der Waals surface area contributed by atoms with E-state index in [0.29, 0.717) is 11.6 Å². The van der Waals surface area contributed by atoms with Crippen LogP contribution in [0.1, 0.15) is 5.56 Å². The number of para-hydroxylation sites is 1. The van der Waals surface area contributed by atoms with Crippen molar-refractivity contribution in [3.05, 3.63) is 59.9 Å². The zero-order valence-electron chi connectivity index (χ0n) is 10.9. The highest BCUT2D eigenvalue weighted by molar-refractivity contribution is 5.80. The van der Waals surface area contributed by atoms with Crippen LogP contribution in [0, 0.1) is 12.7 Å². The van der Waals surface area contributed by atoms with Gasteiger partial charge >= 0.3 is 0 Å². The maximum Gasteiger partial charge on any atom is 0.222 e. The Hall–Kier alpha value is -2.62. The van der Waals surface area contributed by atoms with Crippen molar-refractivity contribution >= 4 is 16.6 Å². The maximum absolute atomic E-state index is 13.0. The highest BCUT2D eigenvalue weighted by atomic mass is 19.1. The van der Waals surface area contributed by atoms with E-state index < -0.39 is 5.82 Å². The molecule has 3 aromatic rings. The lowest BCUT2D eigenvalue weighted by Gasteiger charge is -2.10. The average Bonchev–Trinajstić information content (AvgIpc) is 2.42. The molecule has 0 spiro atoms. The normalized spacial score (nSPS) is 10.7. The first kappa shape index (κ1) is 12.4. The number of pyridine rings is 1. The van der Waals surface area contributed by atoms with Crippen LogP contribution in [0.25, 0.3) is 10.9 Å². The van der Waals surface area contributed by atoms with E-state index >= 15 is 0 Å². The molecule has 20 heavy (non-hydrogen) atoms. The third-order valence-corrected chi connectivity index (χ3v) is 3.05. The van der Waals surface area contributed by atoms with E-state index in [1.165, 1.54) is 18.2 Å². The molecule has 0 atom stereocenters. The van der Waals surface area contributed by atoms with Crippen LogP contribution in [0.5, 0.6) is 11.6 Å². The first-order chi connectivity index (χ1) is 9.63.